The Hall–Kier alpha value is -3.22. The Labute approximate surface area is 187 Å². The van der Waals surface area contributed by atoms with Crippen molar-refractivity contribution < 1.29 is 17.6 Å². The summed E-state index contributed by atoms with van der Waals surface area (Å²) in [6.07, 6.45) is 2.94. The largest absolute Gasteiger partial charge is 0.335 e. The van der Waals surface area contributed by atoms with E-state index in [1.165, 1.54) is 35.0 Å². The second-order valence-corrected chi connectivity index (χ2v) is 9.64. The fourth-order valence-electron chi connectivity index (χ4n) is 3.68. The first-order valence-corrected chi connectivity index (χ1v) is 11.9. The summed E-state index contributed by atoms with van der Waals surface area (Å²) in [5, 5.41) is 0. The Morgan fingerprint density at radius 3 is 2.50 bits per heavy atom. The van der Waals surface area contributed by atoms with Crippen LogP contribution in [0.25, 0.3) is 16.7 Å². The van der Waals surface area contributed by atoms with Crippen LogP contribution in [0.4, 0.5) is 4.39 Å². The van der Waals surface area contributed by atoms with Gasteiger partial charge in [-0.2, -0.15) is 13.1 Å². The zero-order valence-electron chi connectivity index (χ0n) is 16.6. The molecular weight excluding hydrogens is 455 g/mol. The minimum absolute atomic E-state index is 0.123. The Morgan fingerprint density at radius 1 is 1.00 bits per heavy atom. The van der Waals surface area contributed by atoms with E-state index >= 15 is 0 Å². The summed E-state index contributed by atoms with van der Waals surface area (Å²) in [6.45, 7) is 0.787. The zero-order chi connectivity index (χ0) is 22.3. The van der Waals surface area contributed by atoms with E-state index in [-0.39, 0.29) is 42.8 Å². The molecule has 1 aliphatic heterocycles. The number of hydrogen-bond acceptors (Lipinski definition) is 7. The van der Waals surface area contributed by atoms with Gasteiger partial charge in [-0.1, -0.05) is 6.07 Å². The van der Waals surface area contributed by atoms with Crippen LogP contribution < -0.4 is 0 Å². The molecule has 2 aromatic heterocycles. The predicted octanol–water partition coefficient (Wildman–Crippen LogP) is 2.16. The van der Waals surface area contributed by atoms with E-state index in [1.54, 1.807) is 33.7 Å². The fourth-order valence-corrected chi connectivity index (χ4v) is 5.86. The van der Waals surface area contributed by atoms with Crippen LogP contribution in [0.3, 0.4) is 0 Å². The van der Waals surface area contributed by atoms with Crippen LogP contribution in [0.15, 0.2) is 59.9 Å². The summed E-state index contributed by atoms with van der Waals surface area (Å²) in [5.74, 6) is -0.641. The summed E-state index contributed by atoms with van der Waals surface area (Å²) < 4.78 is 50.8. The monoisotopic (exact) mass is 472 g/mol. The van der Waals surface area contributed by atoms with Crippen molar-refractivity contribution in [1.29, 1.82) is 0 Å². The van der Waals surface area contributed by atoms with E-state index in [0.29, 0.717) is 22.4 Å². The third kappa shape index (κ3) is 3.55. The molecule has 3 heterocycles. The fraction of sp³-hybridized carbons (Fsp3) is 0.200. The van der Waals surface area contributed by atoms with E-state index in [9.17, 15) is 17.6 Å². The average molecular weight is 473 g/mol. The molecule has 0 atom stereocenters. The molecule has 5 rings (SSSR count). The van der Waals surface area contributed by atoms with Crippen LogP contribution in [0.5, 0.6) is 0 Å². The van der Waals surface area contributed by atoms with E-state index in [4.69, 9.17) is 0 Å². The number of imidazole rings is 1. The molecule has 0 unspecified atom stereocenters. The van der Waals surface area contributed by atoms with Crippen molar-refractivity contribution in [3.8, 4) is 5.69 Å². The van der Waals surface area contributed by atoms with Crippen LogP contribution >= 0.6 is 11.7 Å². The van der Waals surface area contributed by atoms with Gasteiger partial charge in [0.2, 0.25) is 10.0 Å². The van der Waals surface area contributed by atoms with Crippen molar-refractivity contribution in [1.82, 2.24) is 27.5 Å². The SMILES string of the molecule is O=C(c1cncn1-c1ccc(F)cc1)N1CCN(S(=O)(=O)c2cccc3nsnc23)CC1. The summed E-state index contributed by atoms with van der Waals surface area (Å²) in [6, 6.07) is 10.6. The van der Waals surface area contributed by atoms with Crippen LogP contribution in [0, 0.1) is 5.82 Å². The predicted molar refractivity (Wildman–Crippen MR) is 116 cm³/mol. The number of nitrogens with zero attached hydrogens (tertiary/aromatic N) is 6. The average Bonchev–Trinajstić information content (AvgIpc) is 3.48. The van der Waals surface area contributed by atoms with Crippen molar-refractivity contribution in [3.05, 3.63) is 66.5 Å². The molecule has 1 fully saturated rings. The Kier molecular flexibility index (Phi) is 5.19. The van der Waals surface area contributed by atoms with E-state index < -0.39 is 10.0 Å². The molecule has 32 heavy (non-hydrogen) atoms. The summed E-state index contributed by atoms with van der Waals surface area (Å²) in [4.78, 5) is 18.9. The highest BCUT2D eigenvalue weighted by Gasteiger charge is 2.33. The lowest BCUT2D eigenvalue weighted by Crippen LogP contribution is -2.50. The first kappa shape index (κ1) is 20.7. The number of aromatic nitrogens is 4. The van der Waals surface area contributed by atoms with Crippen LogP contribution in [-0.4, -0.2) is 68.0 Å². The minimum Gasteiger partial charge on any atom is -0.335 e. The maximum Gasteiger partial charge on any atom is 0.272 e. The molecule has 1 aliphatic rings. The lowest BCUT2D eigenvalue weighted by molar-refractivity contribution is 0.0690. The number of carbonyl (C=O) groups excluding carboxylic acids is 1. The van der Waals surface area contributed by atoms with Gasteiger partial charge in [0.25, 0.3) is 5.91 Å². The maximum atomic E-state index is 13.2. The van der Waals surface area contributed by atoms with E-state index in [2.05, 4.69) is 13.7 Å². The van der Waals surface area contributed by atoms with Gasteiger partial charge in [0, 0.05) is 31.9 Å². The molecule has 4 aromatic rings. The number of hydrogen-bond donors (Lipinski definition) is 0. The number of halogens is 1. The smallest absolute Gasteiger partial charge is 0.272 e. The van der Waals surface area contributed by atoms with Gasteiger partial charge < -0.3 is 4.90 Å². The van der Waals surface area contributed by atoms with Crippen molar-refractivity contribution in [2.45, 2.75) is 4.90 Å². The molecule has 0 radical (unpaired) electrons. The van der Waals surface area contributed by atoms with E-state index in [1.807, 2.05) is 0 Å². The second-order valence-electron chi connectivity index (χ2n) is 7.21. The standard InChI is InChI=1S/C20H17FN6O3S2/c21-14-4-6-15(7-5-14)27-13-22-12-17(27)20(28)25-8-10-26(11-9-25)32(29,30)18-3-1-2-16-19(18)24-31-23-16/h1-7,12-13H,8-11H2. The van der Waals surface area contributed by atoms with Crippen molar-refractivity contribution in [3.63, 3.8) is 0 Å². The zero-order valence-corrected chi connectivity index (χ0v) is 18.3. The Balaban J connectivity index is 1.33. The molecule has 1 amide bonds. The highest BCUT2D eigenvalue weighted by molar-refractivity contribution is 7.89. The third-order valence-corrected chi connectivity index (χ3v) is 7.83. The third-order valence-electron chi connectivity index (χ3n) is 5.36. The van der Waals surface area contributed by atoms with Gasteiger partial charge in [-0.25, -0.2) is 17.8 Å². The van der Waals surface area contributed by atoms with Crippen LogP contribution in [-0.2, 0) is 10.0 Å². The molecule has 12 heteroatoms. The summed E-state index contributed by atoms with van der Waals surface area (Å²) in [5.41, 5.74) is 1.84. The molecule has 1 saturated heterocycles. The highest BCUT2D eigenvalue weighted by Crippen LogP contribution is 2.25. The molecular formula is C20H17FN6O3S2. The molecule has 164 valence electrons. The van der Waals surface area contributed by atoms with Gasteiger partial charge in [0.15, 0.2) is 0 Å². The molecule has 0 spiro atoms. The Morgan fingerprint density at radius 2 is 1.75 bits per heavy atom. The number of sulfonamides is 1. The van der Waals surface area contributed by atoms with Crippen molar-refractivity contribution in [2.24, 2.45) is 0 Å². The number of carbonyl (C=O) groups is 1. The summed E-state index contributed by atoms with van der Waals surface area (Å²) >= 11 is 0.968. The lowest BCUT2D eigenvalue weighted by atomic mass is 10.2. The van der Waals surface area contributed by atoms with Gasteiger partial charge in [0.1, 0.15) is 27.4 Å². The van der Waals surface area contributed by atoms with Gasteiger partial charge in [0.05, 0.1) is 24.3 Å². The van der Waals surface area contributed by atoms with Crippen molar-refractivity contribution in [2.75, 3.05) is 26.2 Å². The van der Waals surface area contributed by atoms with Gasteiger partial charge in [-0.15, -0.1) is 0 Å². The molecule has 2 aromatic carbocycles. The van der Waals surface area contributed by atoms with Crippen molar-refractivity contribution >= 4 is 38.7 Å². The molecule has 9 nitrogen and oxygen atoms in total. The topological polar surface area (TPSA) is 101 Å². The number of fused-ring (bicyclic) bond motifs is 1. The normalized spacial score (nSPS) is 15.3. The van der Waals surface area contributed by atoms with Crippen LogP contribution in [0.1, 0.15) is 10.5 Å². The van der Waals surface area contributed by atoms with Gasteiger partial charge in [-0.3, -0.25) is 9.36 Å². The minimum atomic E-state index is -3.77. The van der Waals surface area contributed by atoms with Crippen LogP contribution in [0.2, 0.25) is 0 Å². The van der Waals surface area contributed by atoms with E-state index in [0.717, 1.165) is 11.7 Å². The molecule has 0 N–H and O–H groups in total. The molecule has 0 aliphatic carbocycles. The second kappa shape index (κ2) is 8.04. The molecule has 0 bridgehead atoms. The quantitative estimate of drug-likeness (QED) is 0.451. The number of rotatable bonds is 4. The first-order chi connectivity index (χ1) is 15.4. The number of benzene rings is 2. The number of amides is 1. The first-order valence-electron chi connectivity index (χ1n) is 9.74. The highest BCUT2D eigenvalue weighted by atomic mass is 32.2. The summed E-state index contributed by atoms with van der Waals surface area (Å²) in [7, 11) is -3.77. The maximum absolute atomic E-state index is 13.2. The van der Waals surface area contributed by atoms with Gasteiger partial charge >= 0.3 is 0 Å². The Bertz CT molecular complexity index is 1390. The lowest BCUT2D eigenvalue weighted by Gasteiger charge is -2.34. The number of piperazine rings is 1. The van der Waals surface area contributed by atoms with Gasteiger partial charge in [-0.05, 0) is 36.4 Å². The molecule has 0 saturated carbocycles.